The summed E-state index contributed by atoms with van der Waals surface area (Å²) in [5.74, 6) is -1.04. The summed E-state index contributed by atoms with van der Waals surface area (Å²) in [4.78, 5) is 34.7. The molecule has 0 aromatic heterocycles. The number of esters is 2. The Balaban J connectivity index is 3.89. The fraction of sp³-hybridized carbons (Fsp3) is 0.667. The molecular weight excluding hydrogens is 840 g/mol. The van der Waals surface area contributed by atoms with E-state index in [1.54, 1.807) is 0 Å². The number of unbranched alkanes of at least 4 members (excludes halogenated alkanes) is 16. The molecule has 0 aliphatic carbocycles. The van der Waals surface area contributed by atoms with Gasteiger partial charge in [0.1, 0.15) is 12.2 Å². The van der Waals surface area contributed by atoms with Crippen LogP contribution in [0.3, 0.4) is 0 Å². The van der Waals surface area contributed by atoms with E-state index in [9.17, 15) is 29.3 Å². The molecule has 0 radical (unpaired) electrons. The maximum Gasteiger partial charge on any atom is 0.472 e. The number of carbonyl (C=O) groups is 2. The minimum atomic E-state index is -4.65. The zero-order chi connectivity index (χ0) is 47.6. The molecule has 11 heteroatoms. The van der Waals surface area contributed by atoms with Crippen molar-refractivity contribution in [3.63, 3.8) is 0 Å². The van der Waals surface area contributed by atoms with Crippen molar-refractivity contribution < 1.29 is 47.8 Å². The molecule has 0 bridgehead atoms. The number of rotatable bonds is 46. The predicted octanol–water partition coefficient (Wildman–Crippen LogP) is 14.3. The molecule has 0 aliphatic rings. The van der Waals surface area contributed by atoms with Gasteiger partial charge in [-0.3, -0.25) is 18.6 Å². The van der Waals surface area contributed by atoms with E-state index in [1.807, 2.05) is 0 Å². The summed E-state index contributed by atoms with van der Waals surface area (Å²) in [6.07, 6.45) is 60.9. The number of aliphatic hydroxyl groups is 2. The first-order valence-corrected chi connectivity index (χ1v) is 26.7. The van der Waals surface area contributed by atoms with E-state index in [4.69, 9.17) is 18.5 Å². The molecule has 372 valence electrons. The average Bonchev–Trinajstić information content (AvgIpc) is 3.30. The molecular formula is C54H91O10P. The number of ether oxygens (including phenoxy) is 2. The Morgan fingerprint density at radius 1 is 0.415 bits per heavy atom. The lowest BCUT2D eigenvalue weighted by atomic mass is 10.1. The lowest BCUT2D eigenvalue weighted by Gasteiger charge is -2.20. The van der Waals surface area contributed by atoms with Crippen molar-refractivity contribution in [3.05, 3.63) is 97.2 Å². The van der Waals surface area contributed by atoms with Crippen molar-refractivity contribution in [2.45, 2.75) is 206 Å². The molecule has 2 unspecified atom stereocenters. The Morgan fingerprint density at radius 3 is 0.969 bits per heavy atom. The van der Waals surface area contributed by atoms with Crippen LogP contribution in [0.5, 0.6) is 0 Å². The standard InChI is InChI=1S/C54H91O10P/c1-3-5-7-9-11-13-15-17-19-21-23-25-27-29-31-33-35-37-39-41-43-45-53(57)63-51(47-55)49-61-65(59,60)62-50-52(48-56)64-54(58)46-44-42-40-38-36-34-32-30-28-26-24-22-20-18-16-14-12-10-8-6-4-2/h5-8,11-14,17-20,23-26,51-52,55-56H,3-4,9-10,15-16,21-22,27-50H2,1-2H3,(H,59,60)/b7-5-,8-6-,13-11-,14-12-,19-17-,20-18-,25-23-,26-24-. The molecule has 10 nitrogen and oxygen atoms in total. The quantitative estimate of drug-likeness (QED) is 0.0233. The summed E-state index contributed by atoms with van der Waals surface area (Å²) in [5.41, 5.74) is 0. The number of hydrogen-bond donors (Lipinski definition) is 3. The second-order valence-corrected chi connectivity index (χ2v) is 17.8. The Kier molecular flexibility index (Phi) is 46.5. The minimum Gasteiger partial charge on any atom is -0.457 e. The average molecular weight is 931 g/mol. The number of allylic oxidation sites excluding steroid dienone is 16. The van der Waals surface area contributed by atoms with E-state index in [-0.39, 0.29) is 12.8 Å². The van der Waals surface area contributed by atoms with E-state index in [2.05, 4.69) is 111 Å². The highest BCUT2D eigenvalue weighted by molar-refractivity contribution is 7.47. The van der Waals surface area contributed by atoms with Crippen LogP contribution >= 0.6 is 7.82 Å². The third kappa shape index (κ3) is 47.2. The third-order valence-electron chi connectivity index (χ3n) is 10.3. The van der Waals surface area contributed by atoms with Crippen molar-refractivity contribution in [3.8, 4) is 0 Å². The Labute approximate surface area is 395 Å². The van der Waals surface area contributed by atoms with Crippen LogP contribution in [-0.4, -0.2) is 65.7 Å². The maximum atomic E-state index is 12.4. The summed E-state index contributed by atoms with van der Waals surface area (Å²) < 4.78 is 32.7. The molecule has 0 rings (SSSR count). The van der Waals surface area contributed by atoms with E-state index in [1.165, 1.54) is 51.4 Å². The van der Waals surface area contributed by atoms with E-state index in [0.717, 1.165) is 103 Å². The second kappa shape index (κ2) is 48.8. The predicted molar refractivity (Wildman–Crippen MR) is 269 cm³/mol. The molecule has 0 aromatic rings. The van der Waals surface area contributed by atoms with Crippen LogP contribution in [0.1, 0.15) is 194 Å². The molecule has 0 aliphatic heterocycles. The van der Waals surface area contributed by atoms with Crippen molar-refractivity contribution in [2.24, 2.45) is 0 Å². The summed E-state index contributed by atoms with van der Waals surface area (Å²) >= 11 is 0. The zero-order valence-corrected chi connectivity index (χ0v) is 41.6. The SMILES string of the molecule is CC/C=C\C/C=C\C/C=C\C/C=C\CCCCCCCCCCC(=O)OC(CO)COP(=O)(O)OCC(CO)OC(=O)CCCCCCCCCC/C=C\C/C=C\C/C=C\C/C=C\CC. The van der Waals surface area contributed by atoms with Gasteiger partial charge >= 0.3 is 19.8 Å². The molecule has 0 aromatic carbocycles. The summed E-state index contributed by atoms with van der Waals surface area (Å²) in [7, 11) is -4.65. The summed E-state index contributed by atoms with van der Waals surface area (Å²) in [6.45, 7) is 1.97. The smallest absolute Gasteiger partial charge is 0.457 e. The minimum absolute atomic E-state index is 0.177. The Bertz CT molecular complexity index is 1300. The number of carbonyl (C=O) groups excluding carboxylic acids is 2. The van der Waals surface area contributed by atoms with Gasteiger partial charge in [0.2, 0.25) is 0 Å². The van der Waals surface area contributed by atoms with Crippen LogP contribution in [-0.2, 0) is 32.7 Å². The number of phosphoric ester groups is 1. The van der Waals surface area contributed by atoms with Gasteiger partial charge in [-0.05, 0) is 89.9 Å². The summed E-state index contributed by atoms with van der Waals surface area (Å²) in [5, 5.41) is 19.3. The van der Waals surface area contributed by atoms with Crippen LogP contribution in [0.25, 0.3) is 0 Å². The fourth-order valence-corrected chi connectivity index (χ4v) is 7.29. The van der Waals surface area contributed by atoms with Gasteiger partial charge in [-0.15, -0.1) is 0 Å². The van der Waals surface area contributed by atoms with Crippen LogP contribution in [0.4, 0.5) is 0 Å². The number of aliphatic hydroxyl groups excluding tert-OH is 2. The van der Waals surface area contributed by atoms with Crippen molar-refractivity contribution in [2.75, 3.05) is 26.4 Å². The Morgan fingerprint density at radius 2 is 0.677 bits per heavy atom. The van der Waals surface area contributed by atoms with Crippen LogP contribution in [0, 0.1) is 0 Å². The van der Waals surface area contributed by atoms with Gasteiger partial charge in [-0.25, -0.2) is 4.57 Å². The normalized spacial score (nSPS) is 14.5. The van der Waals surface area contributed by atoms with Crippen molar-refractivity contribution in [1.82, 2.24) is 0 Å². The van der Waals surface area contributed by atoms with E-state index < -0.39 is 58.4 Å². The Hall–Kier alpha value is -3.11. The molecule has 0 saturated carbocycles. The molecule has 3 N–H and O–H groups in total. The first-order chi connectivity index (χ1) is 31.8. The van der Waals surface area contributed by atoms with Crippen molar-refractivity contribution in [1.29, 1.82) is 0 Å². The van der Waals surface area contributed by atoms with Gasteiger partial charge in [-0.2, -0.15) is 0 Å². The second-order valence-electron chi connectivity index (χ2n) is 16.4. The molecule has 0 spiro atoms. The molecule has 65 heavy (non-hydrogen) atoms. The third-order valence-corrected chi connectivity index (χ3v) is 11.2. The highest BCUT2D eigenvalue weighted by atomic mass is 31.2. The lowest BCUT2D eigenvalue weighted by Crippen LogP contribution is -2.28. The molecule has 0 fully saturated rings. The number of phosphoric acid groups is 1. The van der Waals surface area contributed by atoms with Gasteiger partial charge in [0.25, 0.3) is 0 Å². The highest BCUT2D eigenvalue weighted by Crippen LogP contribution is 2.43. The maximum absolute atomic E-state index is 12.4. The first-order valence-electron chi connectivity index (χ1n) is 25.2. The van der Waals surface area contributed by atoms with E-state index in [0.29, 0.717) is 12.8 Å². The highest BCUT2D eigenvalue weighted by Gasteiger charge is 2.27. The zero-order valence-electron chi connectivity index (χ0n) is 40.7. The molecule has 0 amide bonds. The fourth-order valence-electron chi connectivity index (χ4n) is 6.51. The number of hydrogen-bond acceptors (Lipinski definition) is 9. The topological polar surface area (TPSA) is 149 Å². The largest absolute Gasteiger partial charge is 0.472 e. The lowest BCUT2D eigenvalue weighted by molar-refractivity contribution is -0.153. The van der Waals surface area contributed by atoms with Gasteiger partial charge in [0.15, 0.2) is 0 Å². The van der Waals surface area contributed by atoms with E-state index >= 15 is 0 Å². The van der Waals surface area contributed by atoms with Gasteiger partial charge < -0.3 is 24.6 Å². The van der Waals surface area contributed by atoms with Crippen LogP contribution in [0.2, 0.25) is 0 Å². The van der Waals surface area contributed by atoms with Gasteiger partial charge in [0, 0.05) is 12.8 Å². The van der Waals surface area contributed by atoms with Crippen LogP contribution < -0.4 is 0 Å². The van der Waals surface area contributed by atoms with Crippen molar-refractivity contribution >= 4 is 19.8 Å². The van der Waals surface area contributed by atoms with Gasteiger partial charge in [0.05, 0.1) is 26.4 Å². The monoisotopic (exact) mass is 931 g/mol. The molecule has 0 heterocycles. The first kappa shape index (κ1) is 61.9. The van der Waals surface area contributed by atoms with Gasteiger partial charge in [-0.1, -0.05) is 188 Å². The molecule has 2 atom stereocenters. The summed E-state index contributed by atoms with van der Waals surface area (Å²) in [6, 6.07) is 0. The van der Waals surface area contributed by atoms with Crippen LogP contribution in [0.15, 0.2) is 97.2 Å². The molecule has 0 saturated heterocycles.